The van der Waals surface area contributed by atoms with Crippen LogP contribution < -0.4 is 0 Å². The Morgan fingerprint density at radius 3 is 2.62 bits per heavy atom. The summed E-state index contributed by atoms with van der Waals surface area (Å²) in [6.45, 7) is 5.27. The highest BCUT2D eigenvalue weighted by Crippen LogP contribution is 2.31. The number of hydrogen-bond donors (Lipinski definition) is 1. The van der Waals surface area contributed by atoms with Gasteiger partial charge in [-0.2, -0.15) is 0 Å². The zero-order valence-corrected chi connectivity index (χ0v) is 16.2. The summed E-state index contributed by atoms with van der Waals surface area (Å²) in [5, 5.41) is 14.5. The number of aromatic nitrogens is 1. The molecule has 2 aromatic rings. The van der Waals surface area contributed by atoms with Gasteiger partial charge in [-0.15, -0.1) is 11.8 Å². The summed E-state index contributed by atoms with van der Waals surface area (Å²) in [4.78, 5) is 14.4. The lowest BCUT2D eigenvalue weighted by Crippen LogP contribution is -2.40. The smallest absolute Gasteiger partial charge is 0.232 e. The molecule has 5 nitrogen and oxygen atoms in total. The summed E-state index contributed by atoms with van der Waals surface area (Å²) >= 11 is 1.60. The number of aryl methyl sites for hydroxylation is 2. The van der Waals surface area contributed by atoms with Gasteiger partial charge in [0.25, 0.3) is 0 Å². The zero-order chi connectivity index (χ0) is 18.5. The van der Waals surface area contributed by atoms with E-state index in [1.54, 1.807) is 11.8 Å². The molecule has 1 unspecified atom stereocenters. The minimum atomic E-state index is -0.442. The molecule has 1 aliphatic heterocycles. The van der Waals surface area contributed by atoms with Crippen LogP contribution in [0.1, 0.15) is 41.5 Å². The van der Waals surface area contributed by atoms with Gasteiger partial charge in [0.15, 0.2) is 0 Å². The molecule has 1 aromatic heterocycles. The third-order valence-electron chi connectivity index (χ3n) is 5.13. The van der Waals surface area contributed by atoms with Crippen molar-refractivity contribution in [3.8, 4) is 0 Å². The normalized spacial score (nSPS) is 16.7. The molecule has 140 valence electrons. The fourth-order valence-electron chi connectivity index (χ4n) is 3.43. The molecule has 0 saturated carbocycles. The van der Waals surface area contributed by atoms with Crippen molar-refractivity contribution in [2.24, 2.45) is 5.92 Å². The molecule has 3 rings (SSSR count). The van der Waals surface area contributed by atoms with E-state index < -0.39 is 6.10 Å². The lowest BCUT2D eigenvalue weighted by atomic mass is 9.87. The predicted octanol–water partition coefficient (Wildman–Crippen LogP) is 3.50. The van der Waals surface area contributed by atoms with E-state index in [1.807, 2.05) is 49.1 Å². The van der Waals surface area contributed by atoms with Crippen LogP contribution in [-0.2, 0) is 10.5 Å². The summed E-state index contributed by atoms with van der Waals surface area (Å²) in [6, 6.07) is 9.79. The summed E-state index contributed by atoms with van der Waals surface area (Å²) in [5.41, 5.74) is 2.96. The molecule has 1 fully saturated rings. The van der Waals surface area contributed by atoms with Gasteiger partial charge in [-0.1, -0.05) is 35.5 Å². The fraction of sp³-hybridized carbons (Fsp3) is 0.500. The molecule has 6 heteroatoms. The average molecular weight is 375 g/mol. The Hall–Kier alpha value is -1.79. The molecule has 0 radical (unpaired) electrons. The maximum absolute atomic E-state index is 12.4. The summed E-state index contributed by atoms with van der Waals surface area (Å²) in [6.07, 6.45) is 1.24. The number of aliphatic hydroxyl groups is 1. The number of piperidine rings is 1. The van der Waals surface area contributed by atoms with Crippen molar-refractivity contribution in [3.63, 3.8) is 0 Å². The molecular formula is C20H26N2O3S. The lowest BCUT2D eigenvalue weighted by molar-refractivity contribution is -0.130. The van der Waals surface area contributed by atoms with Crippen molar-refractivity contribution in [2.75, 3.05) is 18.8 Å². The molecule has 1 saturated heterocycles. The monoisotopic (exact) mass is 374 g/mol. The highest BCUT2D eigenvalue weighted by molar-refractivity contribution is 7.99. The summed E-state index contributed by atoms with van der Waals surface area (Å²) in [7, 11) is 0. The van der Waals surface area contributed by atoms with E-state index in [9.17, 15) is 9.90 Å². The van der Waals surface area contributed by atoms with Crippen molar-refractivity contribution in [1.29, 1.82) is 0 Å². The molecule has 2 heterocycles. The Labute approximate surface area is 158 Å². The number of likely N-dealkylation sites (tertiary alicyclic amines) is 1. The first-order chi connectivity index (χ1) is 12.6. The number of benzene rings is 1. The third kappa shape index (κ3) is 4.48. The molecule has 1 atom stereocenters. The van der Waals surface area contributed by atoms with E-state index in [2.05, 4.69) is 5.16 Å². The van der Waals surface area contributed by atoms with Crippen LogP contribution in [-0.4, -0.2) is 39.9 Å². The molecular weight excluding hydrogens is 348 g/mol. The van der Waals surface area contributed by atoms with Gasteiger partial charge in [0, 0.05) is 24.4 Å². The molecule has 26 heavy (non-hydrogen) atoms. The zero-order valence-electron chi connectivity index (χ0n) is 15.4. The number of carbonyl (C=O) groups is 1. The minimum Gasteiger partial charge on any atom is -0.388 e. The second-order valence-electron chi connectivity index (χ2n) is 6.87. The van der Waals surface area contributed by atoms with Gasteiger partial charge in [-0.05, 0) is 38.2 Å². The summed E-state index contributed by atoms with van der Waals surface area (Å²) in [5.74, 6) is 2.44. The van der Waals surface area contributed by atoms with E-state index in [0.717, 1.165) is 54.3 Å². The van der Waals surface area contributed by atoms with Crippen molar-refractivity contribution < 1.29 is 14.4 Å². The standard InChI is InChI=1S/C20H26N2O3S/c1-14-18(15(2)25-21-14)12-26-13-19(23)22-10-8-17(9-11-22)20(24)16-6-4-3-5-7-16/h3-7,17,20,24H,8-13H2,1-2H3. The maximum Gasteiger partial charge on any atom is 0.232 e. The van der Waals surface area contributed by atoms with E-state index in [4.69, 9.17) is 4.52 Å². The molecule has 1 aliphatic rings. The van der Waals surface area contributed by atoms with Gasteiger partial charge in [-0.3, -0.25) is 4.79 Å². The van der Waals surface area contributed by atoms with Crippen molar-refractivity contribution >= 4 is 17.7 Å². The van der Waals surface area contributed by atoms with Gasteiger partial charge >= 0.3 is 0 Å². The largest absolute Gasteiger partial charge is 0.388 e. The molecule has 0 bridgehead atoms. The van der Waals surface area contributed by atoms with Crippen LogP contribution in [0, 0.1) is 19.8 Å². The maximum atomic E-state index is 12.4. The topological polar surface area (TPSA) is 66.6 Å². The van der Waals surface area contributed by atoms with Crippen LogP contribution in [0.4, 0.5) is 0 Å². The molecule has 0 aliphatic carbocycles. The highest BCUT2D eigenvalue weighted by atomic mass is 32.2. The van der Waals surface area contributed by atoms with Crippen LogP contribution in [0.2, 0.25) is 0 Å². The lowest BCUT2D eigenvalue weighted by Gasteiger charge is -2.34. The highest BCUT2D eigenvalue weighted by Gasteiger charge is 2.28. The second kappa shape index (κ2) is 8.73. The Balaban J connectivity index is 1.43. The predicted molar refractivity (Wildman–Crippen MR) is 103 cm³/mol. The molecule has 0 spiro atoms. The Kier molecular flexibility index (Phi) is 6.38. The van der Waals surface area contributed by atoms with Gasteiger partial charge < -0.3 is 14.5 Å². The summed E-state index contributed by atoms with van der Waals surface area (Å²) < 4.78 is 5.16. The van der Waals surface area contributed by atoms with Crippen molar-refractivity contribution in [1.82, 2.24) is 10.1 Å². The first-order valence-corrected chi connectivity index (χ1v) is 10.2. The van der Waals surface area contributed by atoms with Crippen molar-refractivity contribution in [2.45, 2.75) is 38.5 Å². The van der Waals surface area contributed by atoms with E-state index in [-0.39, 0.29) is 11.8 Å². The second-order valence-corrected chi connectivity index (χ2v) is 7.85. The first-order valence-electron chi connectivity index (χ1n) is 9.06. The SMILES string of the molecule is Cc1noc(C)c1CSCC(=O)N1CCC(C(O)c2ccccc2)CC1. The quantitative estimate of drug-likeness (QED) is 0.838. The van der Waals surface area contributed by atoms with Gasteiger partial charge in [0.1, 0.15) is 5.76 Å². The number of aliphatic hydroxyl groups excluding tert-OH is 1. The fourth-order valence-corrected chi connectivity index (χ4v) is 4.50. The Bertz CT molecular complexity index is 704. The van der Waals surface area contributed by atoms with Crippen LogP contribution in [0.25, 0.3) is 0 Å². The van der Waals surface area contributed by atoms with Crippen LogP contribution in [0.3, 0.4) is 0 Å². The Morgan fingerprint density at radius 1 is 1.31 bits per heavy atom. The third-order valence-corrected chi connectivity index (χ3v) is 6.08. The van der Waals surface area contributed by atoms with Crippen LogP contribution >= 0.6 is 11.8 Å². The van der Waals surface area contributed by atoms with Gasteiger partial charge in [0.2, 0.25) is 5.91 Å². The van der Waals surface area contributed by atoms with Crippen LogP contribution in [0.15, 0.2) is 34.9 Å². The van der Waals surface area contributed by atoms with E-state index in [0.29, 0.717) is 5.75 Å². The molecule has 1 amide bonds. The molecule has 1 N–H and O–H groups in total. The van der Waals surface area contributed by atoms with Crippen LogP contribution in [0.5, 0.6) is 0 Å². The first kappa shape index (κ1) is 19.0. The van der Waals surface area contributed by atoms with E-state index >= 15 is 0 Å². The van der Waals surface area contributed by atoms with Crippen molar-refractivity contribution in [3.05, 3.63) is 52.9 Å². The molecule has 1 aromatic carbocycles. The number of rotatable bonds is 6. The Morgan fingerprint density at radius 2 is 2.00 bits per heavy atom. The minimum absolute atomic E-state index is 0.175. The van der Waals surface area contributed by atoms with E-state index in [1.165, 1.54) is 0 Å². The number of thioether (sulfide) groups is 1. The number of carbonyl (C=O) groups excluding carboxylic acids is 1. The van der Waals surface area contributed by atoms with Gasteiger partial charge in [0.05, 0.1) is 17.6 Å². The van der Waals surface area contributed by atoms with Gasteiger partial charge in [-0.25, -0.2) is 0 Å². The number of nitrogens with zero attached hydrogens (tertiary/aromatic N) is 2. The number of hydrogen-bond acceptors (Lipinski definition) is 5. The average Bonchev–Trinajstić information content (AvgIpc) is 3.00. The number of amides is 1.